The van der Waals surface area contributed by atoms with E-state index in [0.717, 1.165) is 12.8 Å². The summed E-state index contributed by atoms with van der Waals surface area (Å²) in [6.07, 6.45) is 1.65. The summed E-state index contributed by atoms with van der Waals surface area (Å²) in [4.78, 5) is 11.6. The summed E-state index contributed by atoms with van der Waals surface area (Å²) in [6.45, 7) is 2.45. The molecule has 0 radical (unpaired) electrons. The van der Waals surface area contributed by atoms with E-state index in [9.17, 15) is 9.18 Å². The zero-order chi connectivity index (χ0) is 12.8. The van der Waals surface area contributed by atoms with Crippen molar-refractivity contribution in [1.29, 1.82) is 0 Å². The topological polar surface area (TPSA) is 29.1 Å². The minimum absolute atomic E-state index is 0.0490. The molecule has 1 aromatic carbocycles. The Morgan fingerprint density at radius 1 is 1.53 bits per heavy atom. The van der Waals surface area contributed by atoms with Gasteiger partial charge in [-0.15, -0.1) is 11.6 Å². The fraction of sp³-hybridized carbons (Fsp3) is 0.417. The lowest BCUT2D eigenvalue weighted by Crippen LogP contribution is -2.24. The molecule has 1 amide bonds. The van der Waals surface area contributed by atoms with Crippen LogP contribution in [0.4, 0.5) is 4.39 Å². The average molecular weight is 278 g/mol. The number of nitrogens with one attached hydrogen (secondary N) is 1. The van der Waals surface area contributed by atoms with E-state index < -0.39 is 5.82 Å². The van der Waals surface area contributed by atoms with Gasteiger partial charge in [0.25, 0.3) is 5.91 Å². The van der Waals surface area contributed by atoms with Crippen LogP contribution in [0, 0.1) is 5.82 Å². The van der Waals surface area contributed by atoms with Crippen LogP contribution in [-0.4, -0.2) is 17.8 Å². The van der Waals surface area contributed by atoms with Crippen LogP contribution in [0.5, 0.6) is 0 Å². The summed E-state index contributed by atoms with van der Waals surface area (Å²) in [5.41, 5.74) is 0.357. The quantitative estimate of drug-likeness (QED) is 0.647. The lowest BCUT2D eigenvalue weighted by atomic mass is 10.2. The fourth-order valence-electron chi connectivity index (χ4n) is 1.32. The van der Waals surface area contributed by atoms with Gasteiger partial charge >= 0.3 is 0 Å². The van der Waals surface area contributed by atoms with E-state index >= 15 is 0 Å². The van der Waals surface area contributed by atoms with Gasteiger partial charge in [-0.1, -0.05) is 11.6 Å². The summed E-state index contributed by atoms with van der Waals surface area (Å²) in [7, 11) is 0. The molecule has 0 aliphatic carbocycles. The fourth-order valence-corrected chi connectivity index (χ4v) is 1.66. The van der Waals surface area contributed by atoms with Gasteiger partial charge in [0.05, 0.1) is 5.02 Å². The number of rotatable bonds is 5. The maximum atomic E-state index is 12.9. The summed E-state index contributed by atoms with van der Waals surface area (Å²) in [6, 6.07) is 3.90. The van der Waals surface area contributed by atoms with E-state index in [2.05, 4.69) is 5.32 Å². The number of carbonyl (C=O) groups is 1. The van der Waals surface area contributed by atoms with E-state index in [1.54, 1.807) is 0 Å². The molecule has 94 valence electrons. The first kappa shape index (κ1) is 14.3. The predicted octanol–water partition coefficient (Wildman–Crippen LogP) is 3.62. The highest BCUT2D eigenvalue weighted by molar-refractivity contribution is 6.31. The zero-order valence-electron chi connectivity index (χ0n) is 9.47. The van der Waals surface area contributed by atoms with Crippen LogP contribution in [0.2, 0.25) is 5.02 Å². The molecule has 0 aliphatic heterocycles. The Labute approximate surface area is 110 Å². The van der Waals surface area contributed by atoms with Crippen LogP contribution in [0.1, 0.15) is 30.1 Å². The summed E-state index contributed by atoms with van der Waals surface area (Å²) < 4.78 is 12.9. The molecule has 1 unspecified atom stereocenters. The Hall–Kier alpha value is -0.800. The van der Waals surface area contributed by atoms with Gasteiger partial charge in [0.2, 0.25) is 0 Å². The lowest BCUT2D eigenvalue weighted by molar-refractivity contribution is 0.0953. The molecular formula is C12H14Cl2FNO. The van der Waals surface area contributed by atoms with Gasteiger partial charge in [-0.3, -0.25) is 4.79 Å². The largest absolute Gasteiger partial charge is 0.352 e. The van der Waals surface area contributed by atoms with Crippen LogP contribution >= 0.6 is 23.2 Å². The SMILES string of the molecule is CC(Cl)CCCNC(=O)c1ccc(F)c(Cl)c1. The van der Waals surface area contributed by atoms with Gasteiger partial charge in [0.1, 0.15) is 5.82 Å². The molecule has 0 heterocycles. The van der Waals surface area contributed by atoms with E-state index in [1.807, 2.05) is 6.92 Å². The number of hydrogen-bond donors (Lipinski definition) is 1. The van der Waals surface area contributed by atoms with Gasteiger partial charge in [0, 0.05) is 17.5 Å². The molecule has 2 nitrogen and oxygen atoms in total. The molecule has 0 spiro atoms. The predicted molar refractivity (Wildman–Crippen MR) is 68.3 cm³/mol. The van der Waals surface area contributed by atoms with Crippen molar-refractivity contribution < 1.29 is 9.18 Å². The van der Waals surface area contributed by atoms with E-state index in [-0.39, 0.29) is 16.3 Å². The standard InChI is InChI=1S/C12H14Cl2FNO/c1-8(13)3-2-6-16-12(17)9-4-5-11(15)10(14)7-9/h4-5,7-8H,2-3,6H2,1H3,(H,16,17). The normalized spacial score (nSPS) is 12.2. The molecule has 0 bridgehead atoms. The van der Waals surface area contributed by atoms with Gasteiger partial charge in [0.15, 0.2) is 0 Å². The van der Waals surface area contributed by atoms with E-state index in [0.29, 0.717) is 12.1 Å². The monoisotopic (exact) mass is 277 g/mol. The first-order valence-electron chi connectivity index (χ1n) is 5.38. The number of carbonyl (C=O) groups excluding carboxylic acids is 1. The maximum absolute atomic E-state index is 12.9. The van der Waals surface area contributed by atoms with Crippen molar-refractivity contribution in [2.45, 2.75) is 25.1 Å². The van der Waals surface area contributed by atoms with Gasteiger partial charge in [-0.05, 0) is 38.0 Å². The Morgan fingerprint density at radius 3 is 2.82 bits per heavy atom. The number of benzene rings is 1. The van der Waals surface area contributed by atoms with Crippen molar-refractivity contribution in [2.75, 3.05) is 6.54 Å². The van der Waals surface area contributed by atoms with Crippen LogP contribution < -0.4 is 5.32 Å². The molecule has 1 atom stereocenters. The van der Waals surface area contributed by atoms with Crippen molar-refractivity contribution in [2.24, 2.45) is 0 Å². The number of hydrogen-bond acceptors (Lipinski definition) is 1. The Bertz CT molecular complexity index is 396. The average Bonchev–Trinajstić information content (AvgIpc) is 2.27. The van der Waals surface area contributed by atoms with Crippen molar-refractivity contribution in [3.63, 3.8) is 0 Å². The number of amides is 1. The van der Waals surface area contributed by atoms with Crippen molar-refractivity contribution in [3.8, 4) is 0 Å². The van der Waals surface area contributed by atoms with E-state index in [4.69, 9.17) is 23.2 Å². The smallest absolute Gasteiger partial charge is 0.251 e. The van der Waals surface area contributed by atoms with Crippen LogP contribution in [0.25, 0.3) is 0 Å². The minimum atomic E-state index is -0.529. The highest BCUT2D eigenvalue weighted by Crippen LogP contribution is 2.15. The van der Waals surface area contributed by atoms with Crippen molar-refractivity contribution in [3.05, 3.63) is 34.6 Å². The highest BCUT2D eigenvalue weighted by atomic mass is 35.5. The highest BCUT2D eigenvalue weighted by Gasteiger charge is 2.08. The second-order valence-corrected chi connectivity index (χ2v) is 4.96. The molecule has 0 saturated heterocycles. The molecule has 0 aromatic heterocycles. The molecule has 0 saturated carbocycles. The number of alkyl halides is 1. The van der Waals surface area contributed by atoms with Crippen molar-refractivity contribution in [1.82, 2.24) is 5.32 Å². The summed E-state index contributed by atoms with van der Waals surface area (Å²) in [5, 5.41) is 2.78. The summed E-state index contributed by atoms with van der Waals surface area (Å²) in [5.74, 6) is -0.784. The van der Waals surface area contributed by atoms with Gasteiger partial charge in [-0.2, -0.15) is 0 Å². The maximum Gasteiger partial charge on any atom is 0.251 e. The van der Waals surface area contributed by atoms with Gasteiger partial charge < -0.3 is 5.32 Å². The number of halogens is 3. The third-order valence-corrected chi connectivity index (χ3v) is 2.75. The minimum Gasteiger partial charge on any atom is -0.352 e. The zero-order valence-corrected chi connectivity index (χ0v) is 11.0. The molecule has 1 rings (SSSR count). The molecule has 1 N–H and O–H groups in total. The first-order valence-corrected chi connectivity index (χ1v) is 6.19. The Balaban J connectivity index is 2.44. The lowest BCUT2D eigenvalue weighted by Gasteiger charge is -2.06. The molecule has 5 heteroatoms. The van der Waals surface area contributed by atoms with E-state index in [1.165, 1.54) is 18.2 Å². The van der Waals surface area contributed by atoms with Crippen LogP contribution in [0.3, 0.4) is 0 Å². The van der Waals surface area contributed by atoms with Crippen molar-refractivity contribution >= 4 is 29.1 Å². The second kappa shape index (κ2) is 6.82. The first-order chi connectivity index (χ1) is 8.00. The van der Waals surface area contributed by atoms with Crippen LogP contribution in [-0.2, 0) is 0 Å². The second-order valence-electron chi connectivity index (χ2n) is 3.81. The molecular weight excluding hydrogens is 264 g/mol. The molecule has 0 aliphatic rings. The van der Waals surface area contributed by atoms with Gasteiger partial charge in [-0.25, -0.2) is 4.39 Å². The Morgan fingerprint density at radius 2 is 2.24 bits per heavy atom. The summed E-state index contributed by atoms with van der Waals surface area (Å²) >= 11 is 11.4. The third-order valence-electron chi connectivity index (χ3n) is 2.25. The molecule has 0 fully saturated rings. The third kappa shape index (κ3) is 4.92. The Kier molecular flexibility index (Phi) is 5.72. The molecule has 1 aromatic rings. The molecule has 17 heavy (non-hydrogen) atoms. The van der Waals surface area contributed by atoms with Crippen LogP contribution in [0.15, 0.2) is 18.2 Å².